The van der Waals surface area contributed by atoms with E-state index in [-0.39, 0.29) is 0 Å². The summed E-state index contributed by atoms with van der Waals surface area (Å²) in [7, 11) is 0. The summed E-state index contributed by atoms with van der Waals surface area (Å²) in [6.07, 6.45) is 4.12. The maximum absolute atomic E-state index is 5.99. The molecule has 2 N–H and O–H groups in total. The minimum atomic E-state index is 0.605. The van der Waals surface area contributed by atoms with Crippen LogP contribution in [-0.2, 0) is 0 Å². The van der Waals surface area contributed by atoms with Gasteiger partial charge < -0.3 is 9.47 Å². The summed E-state index contributed by atoms with van der Waals surface area (Å²) in [6, 6.07) is 11.5. The van der Waals surface area contributed by atoms with Crippen LogP contribution in [0.25, 0.3) is 0 Å². The first-order valence-electron chi connectivity index (χ1n) is 8.95. The molecule has 4 nitrogen and oxygen atoms in total. The molecular weight excluding hydrogens is 368 g/mol. The van der Waals surface area contributed by atoms with E-state index in [0.717, 1.165) is 46.2 Å². The van der Waals surface area contributed by atoms with Gasteiger partial charge in [0.1, 0.15) is 5.75 Å². The van der Waals surface area contributed by atoms with E-state index in [9.17, 15) is 0 Å². The molecule has 0 aliphatic rings. The van der Waals surface area contributed by atoms with Gasteiger partial charge in [-0.25, -0.2) is 0 Å². The van der Waals surface area contributed by atoms with E-state index in [1.807, 2.05) is 36.4 Å². The third-order valence-corrected chi connectivity index (χ3v) is 5.02. The van der Waals surface area contributed by atoms with Crippen molar-refractivity contribution in [1.82, 2.24) is 0 Å². The number of rotatable bonds is 11. The van der Waals surface area contributed by atoms with E-state index in [1.165, 1.54) is 0 Å². The molecule has 0 amide bonds. The average molecular weight is 394 g/mol. The Morgan fingerprint density at radius 3 is 2.15 bits per heavy atom. The molecule has 6 heteroatoms. The van der Waals surface area contributed by atoms with Gasteiger partial charge in [-0.15, -0.1) is 0 Å². The van der Waals surface area contributed by atoms with Crippen LogP contribution in [0.4, 0.5) is 5.69 Å². The highest BCUT2D eigenvalue weighted by Gasteiger charge is 2.15. The van der Waals surface area contributed by atoms with E-state index in [2.05, 4.69) is 19.0 Å². The number of hydrogen-bond donors (Lipinski definition) is 1. The molecule has 2 rings (SSSR count). The molecule has 0 aromatic heterocycles. The van der Waals surface area contributed by atoms with Crippen LogP contribution in [0.5, 0.6) is 11.5 Å². The van der Waals surface area contributed by atoms with Gasteiger partial charge in [-0.05, 0) is 42.2 Å². The van der Waals surface area contributed by atoms with Crippen molar-refractivity contribution in [3.8, 4) is 11.5 Å². The number of ether oxygens (including phenoxy) is 2. The number of nitrogens with zero attached hydrogens (tertiary/aromatic N) is 1. The summed E-state index contributed by atoms with van der Waals surface area (Å²) in [5.74, 6) is 1.45. The van der Waals surface area contributed by atoms with Crippen molar-refractivity contribution in [2.24, 2.45) is 5.11 Å². The van der Waals surface area contributed by atoms with Gasteiger partial charge in [0.25, 0.3) is 0 Å². The Morgan fingerprint density at radius 1 is 0.962 bits per heavy atom. The molecule has 0 heterocycles. The Balaban J connectivity index is 2.30. The van der Waals surface area contributed by atoms with E-state index in [4.69, 9.17) is 26.6 Å². The Hall–Kier alpha value is -1.72. The van der Waals surface area contributed by atoms with Crippen LogP contribution in [0.15, 0.2) is 51.3 Å². The summed E-state index contributed by atoms with van der Waals surface area (Å²) in [5, 5.41) is 4.58. The summed E-state index contributed by atoms with van der Waals surface area (Å²) < 4.78 is 11.9. The second-order valence-electron chi connectivity index (χ2n) is 5.86. The highest BCUT2D eigenvalue weighted by atomic mass is 35.5. The van der Waals surface area contributed by atoms with E-state index in [1.54, 1.807) is 11.8 Å². The normalized spacial score (nSPS) is 10.6. The Labute approximate surface area is 164 Å². The van der Waals surface area contributed by atoms with Gasteiger partial charge >= 0.3 is 0 Å². The maximum Gasteiger partial charge on any atom is 0.175 e. The second kappa shape index (κ2) is 11.1. The lowest BCUT2D eigenvalue weighted by molar-refractivity contribution is -0.210. The van der Waals surface area contributed by atoms with Gasteiger partial charge in [-0.3, -0.25) is 0 Å². The number of unbranched alkanes of at least 4 members (excludes halogenated alkanes) is 2. The van der Waals surface area contributed by atoms with Crippen molar-refractivity contribution in [2.75, 3.05) is 13.2 Å². The Kier molecular flexibility index (Phi) is 8.78. The highest BCUT2D eigenvalue weighted by Crippen LogP contribution is 2.42. The number of benzene rings is 2. The molecule has 0 bridgehead atoms. The molecule has 0 fully saturated rings. The first kappa shape index (κ1) is 20.6. The minimum absolute atomic E-state index is 0.605. The topological polar surface area (TPSA) is 56.4 Å². The van der Waals surface area contributed by atoms with Gasteiger partial charge in [0.2, 0.25) is 0 Å². The maximum atomic E-state index is 5.99. The third kappa shape index (κ3) is 6.22. The number of nitrogens with two attached hydrogens (primary N) is 1. The zero-order valence-corrected chi connectivity index (χ0v) is 16.9. The molecule has 0 saturated heterocycles. The molecule has 2 aromatic carbocycles. The smallest absolute Gasteiger partial charge is 0.175 e. The fraction of sp³-hybridized carbons (Fsp3) is 0.400. The standard InChI is InChI=1S/C20H25ClN2O2S/c1-3-5-11-24-18-14-20(26-16-9-7-15(21)8-10-16)19(13-17(18)23-22)25-12-6-4-2/h7-10,13-14,22H,3-6,11-12H2,1-2H3/p+1. The number of hydrogen-bond acceptors (Lipinski definition) is 4. The predicted molar refractivity (Wildman–Crippen MR) is 107 cm³/mol. The summed E-state index contributed by atoms with van der Waals surface area (Å²) in [4.78, 5) is 2.05. The van der Waals surface area contributed by atoms with Crippen LogP contribution in [0, 0.1) is 0 Å². The predicted octanol–water partition coefficient (Wildman–Crippen LogP) is 5.69. The quantitative estimate of drug-likeness (QED) is 0.394. The summed E-state index contributed by atoms with van der Waals surface area (Å²) in [6.45, 7) is 5.56. The molecule has 0 aliphatic carbocycles. The molecule has 0 unspecified atom stereocenters. The SMILES string of the molecule is CCCCOc1cc(Sc2ccc(Cl)cc2)c(OCCCC)cc1N=[NH2+]. The van der Waals surface area contributed by atoms with Gasteiger partial charge in [0.05, 0.1) is 18.1 Å². The third-order valence-electron chi connectivity index (χ3n) is 3.72. The zero-order valence-electron chi connectivity index (χ0n) is 15.3. The van der Waals surface area contributed by atoms with Crippen molar-refractivity contribution in [2.45, 2.75) is 49.3 Å². The first-order chi connectivity index (χ1) is 12.7. The molecule has 0 spiro atoms. The first-order valence-corrected chi connectivity index (χ1v) is 10.1. The summed E-state index contributed by atoms with van der Waals surface area (Å²) in [5.41, 5.74) is 6.17. The van der Waals surface area contributed by atoms with Gasteiger partial charge in [0.15, 0.2) is 11.4 Å². The van der Waals surface area contributed by atoms with Crippen molar-refractivity contribution in [1.29, 1.82) is 0 Å². The molecule has 0 saturated carbocycles. The monoisotopic (exact) mass is 393 g/mol. The average Bonchev–Trinajstić information content (AvgIpc) is 2.65. The van der Waals surface area contributed by atoms with Crippen LogP contribution in [0.3, 0.4) is 0 Å². The molecular formula is C20H26ClN2O2S+. The molecule has 0 aliphatic heterocycles. The lowest BCUT2D eigenvalue weighted by Gasteiger charge is -2.14. The fourth-order valence-corrected chi connectivity index (χ4v) is 3.26. The van der Waals surface area contributed by atoms with Crippen molar-refractivity contribution in [3.63, 3.8) is 0 Å². The summed E-state index contributed by atoms with van der Waals surface area (Å²) >= 11 is 7.59. The molecule has 26 heavy (non-hydrogen) atoms. The van der Waals surface area contributed by atoms with Crippen molar-refractivity contribution < 1.29 is 15.0 Å². The largest absolute Gasteiger partial charge is 0.492 e. The van der Waals surface area contributed by atoms with E-state index < -0.39 is 0 Å². The number of halogens is 1. The zero-order chi connectivity index (χ0) is 18.8. The lowest BCUT2D eigenvalue weighted by atomic mass is 10.2. The van der Waals surface area contributed by atoms with E-state index >= 15 is 0 Å². The van der Waals surface area contributed by atoms with Crippen LogP contribution >= 0.6 is 23.4 Å². The van der Waals surface area contributed by atoms with Crippen molar-refractivity contribution >= 4 is 29.1 Å². The van der Waals surface area contributed by atoms with Gasteiger partial charge in [-0.2, -0.15) is 5.53 Å². The Bertz CT molecular complexity index is 708. The molecule has 2 aromatic rings. The fourth-order valence-electron chi connectivity index (χ4n) is 2.22. The molecule has 0 radical (unpaired) electrons. The lowest BCUT2D eigenvalue weighted by Crippen LogP contribution is -2.22. The highest BCUT2D eigenvalue weighted by molar-refractivity contribution is 7.99. The van der Waals surface area contributed by atoms with E-state index in [0.29, 0.717) is 24.7 Å². The van der Waals surface area contributed by atoms with Crippen LogP contribution < -0.4 is 15.0 Å². The Morgan fingerprint density at radius 2 is 1.58 bits per heavy atom. The molecule has 0 atom stereocenters. The minimum Gasteiger partial charge on any atom is -0.492 e. The second-order valence-corrected chi connectivity index (χ2v) is 7.41. The van der Waals surface area contributed by atoms with Gasteiger partial charge in [-0.1, -0.05) is 50.1 Å². The van der Waals surface area contributed by atoms with Crippen LogP contribution in [-0.4, -0.2) is 13.2 Å². The molecule has 140 valence electrons. The van der Waals surface area contributed by atoms with Gasteiger partial charge in [0, 0.05) is 22.1 Å². The van der Waals surface area contributed by atoms with Crippen LogP contribution in [0.1, 0.15) is 39.5 Å². The van der Waals surface area contributed by atoms with Crippen molar-refractivity contribution in [3.05, 3.63) is 41.4 Å². The van der Waals surface area contributed by atoms with Crippen LogP contribution in [0.2, 0.25) is 5.02 Å².